The molecule has 0 saturated carbocycles. The summed E-state index contributed by atoms with van der Waals surface area (Å²) in [5, 5.41) is 7.15. The Hall–Kier alpha value is -5.22. The van der Waals surface area contributed by atoms with Gasteiger partial charge in [-0.2, -0.15) is 5.10 Å². The molecule has 200 valence electrons. The number of ether oxygens (including phenoxy) is 1. The van der Waals surface area contributed by atoms with Crippen molar-refractivity contribution in [3.63, 3.8) is 0 Å². The Bertz CT molecular complexity index is 1670. The molecule has 4 heteroatoms. The lowest BCUT2D eigenvalue weighted by Gasteiger charge is -2.24. The van der Waals surface area contributed by atoms with Crippen molar-refractivity contribution in [1.29, 1.82) is 0 Å². The zero-order valence-electron chi connectivity index (χ0n) is 22.9. The number of rotatable bonds is 8. The van der Waals surface area contributed by atoms with Gasteiger partial charge in [0.25, 0.3) is 0 Å². The fourth-order valence-corrected chi connectivity index (χ4v) is 5.10. The Kier molecular flexibility index (Phi) is 7.55. The highest BCUT2D eigenvalue weighted by Gasteiger charge is 2.29. The van der Waals surface area contributed by atoms with Gasteiger partial charge in [-0.15, -0.1) is 0 Å². The lowest BCUT2D eigenvalue weighted by atomic mass is 9.98. The molecule has 4 nitrogen and oxygen atoms in total. The number of anilines is 1. The van der Waals surface area contributed by atoms with Gasteiger partial charge < -0.3 is 4.74 Å². The van der Waals surface area contributed by atoms with Gasteiger partial charge in [-0.25, -0.2) is 0 Å². The average Bonchev–Trinajstić information content (AvgIpc) is 3.50. The monoisotopic (exact) mass is 534 g/mol. The highest BCUT2D eigenvalue weighted by atomic mass is 16.5. The third kappa shape index (κ3) is 5.87. The zero-order valence-corrected chi connectivity index (χ0v) is 22.9. The minimum absolute atomic E-state index is 0.0221. The van der Waals surface area contributed by atoms with Crippen molar-refractivity contribution < 1.29 is 9.53 Å². The average molecular weight is 535 g/mol. The first-order valence-electron chi connectivity index (χ1n) is 13.7. The van der Waals surface area contributed by atoms with Gasteiger partial charge in [0, 0.05) is 12.0 Å². The van der Waals surface area contributed by atoms with Gasteiger partial charge >= 0.3 is 0 Å². The van der Waals surface area contributed by atoms with Crippen LogP contribution in [-0.4, -0.2) is 18.6 Å². The molecule has 1 heterocycles. The predicted molar refractivity (Wildman–Crippen MR) is 167 cm³/mol. The van der Waals surface area contributed by atoms with Gasteiger partial charge in [-0.05, 0) is 70.3 Å². The zero-order chi connectivity index (χ0) is 28.0. The largest absolute Gasteiger partial charge is 0.497 e. The number of allylic oxidation sites excluding steroid dienone is 1. The maximum atomic E-state index is 12.8. The highest BCUT2D eigenvalue weighted by Crippen LogP contribution is 2.37. The topological polar surface area (TPSA) is 41.9 Å². The van der Waals surface area contributed by atoms with E-state index < -0.39 is 0 Å². The lowest BCUT2D eigenvalue weighted by molar-refractivity contribution is 0.104. The molecule has 0 amide bonds. The minimum atomic E-state index is -0.0221. The number of nitrogens with zero attached hydrogens (tertiary/aromatic N) is 2. The van der Waals surface area contributed by atoms with Crippen LogP contribution in [0.5, 0.6) is 5.75 Å². The van der Waals surface area contributed by atoms with E-state index in [4.69, 9.17) is 9.84 Å². The maximum absolute atomic E-state index is 12.8. The molecule has 6 rings (SSSR count). The quantitative estimate of drug-likeness (QED) is 0.148. The molecule has 1 aliphatic rings. The summed E-state index contributed by atoms with van der Waals surface area (Å²) < 4.78 is 5.33. The third-order valence-electron chi connectivity index (χ3n) is 7.38. The SMILES string of the molecule is COc1ccc(C2=NN(c3ccc(/C=C/C(=O)c4ccc(-c5ccccc5)cc4)cc3)[C@H](c3ccccc3)C2)cc1. The molecule has 0 N–H and O–H groups in total. The van der Waals surface area contributed by atoms with Gasteiger partial charge in [0.1, 0.15) is 5.75 Å². The molecule has 1 aliphatic heterocycles. The summed E-state index contributed by atoms with van der Waals surface area (Å²) in [4.78, 5) is 12.8. The van der Waals surface area contributed by atoms with Crippen molar-refractivity contribution in [3.8, 4) is 16.9 Å². The van der Waals surface area contributed by atoms with Gasteiger partial charge in [0.15, 0.2) is 5.78 Å². The first kappa shape index (κ1) is 26.0. The Labute approximate surface area is 240 Å². The number of hydrazone groups is 1. The number of carbonyl (C=O) groups excluding carboxylic acids is 1. The van der Waals surface area contributed by atoms with E-state index in [-0.39, 0.29) is 11.8 Å². The van der Waals surface area contributed by atoms with Crippen molar-refractivity contribution in [1.82, 2.24) is 0 Å². The van der Waals surface area contributed by atoms with Crippen LogP contribution in [0.25, 0.3) is 17.2 Å². The number of ketones is 1. The van der Waals surface area contributed by atoms with Crippen LogP contribution >= 0.6 is 0 Å². The maximum Gasteiger partial charge on any atom is 0.185 e. The van der Waals surface area contributed by atoms with Gasteiger partial charge in [-0.3, -0.25) is 9.80 Å². The number of hydrogen-bond acceptors (Lipinski definition) is 4. The molecule has 0 saturated heterocycles. The Morgan fingerprint density at radius 2 is 1.34 bits per heavy atom. The molecule has 1 atom stereocenters. The molecule has 41 heavy (non-hydrogen) atoms. The normalized spacial score (nSPS) is 14.7. The van der Waals surface area contributed by atoms with Crippen LogP contribution in [0.15, 0.2) is 145 Å². The van der Waals surface area contributed by atoms with Crippen molar-refractivity contribution in [3.05, 3.63) is 162 Å². The summed E-state index contributed by atoms with van der Waals surface area (Å²) in [6.07, 6.45) is 4.30. The Morgan fingerprint density at radius 1 is 0.732 bits per heavy atom. The highest BCUT2D eigenvalue weighted by molar-refractivity contribution is 6.07. The molecular weight excluding hydrogens is 504 g/mol. The summed E-state index contributed by atoms with van der Waals surface area (Å²) in [5.74, 6) is 0.807. The summed E-state index contributed by atoms with van der Waals surface area (Å²) in [5.41, 5.74) is 8.19. The van der Waals surface area contributed by atoms with Gasteiger partial charge in [-0.1, -0.05) is 103 Å². The third-order valence-corrected chi connectivity index (χ3v) is 7.38. The van der Waals surface area contributed by atoms with Crippen LogP contribution in [0.4, 0.5) is 5.69 Å². The molecular formula is C37H30N2O2. The van der Waals surface area contributed by atoms with Crippen LogP contribution in [0, 0.1) is 0 Å². The molecule has 0 unspecified atom stereocenters. The van der Waals surface area contributed by atoms with E-state index >= 15 is 0 Å². The number of methoxy groups -OCH3 is 1. The summed E-state index contributed by atoms with van der Waals surface area (Å²) in [6, 6.07) is 44.7. The molecule has 5 aromatic carbocycles. The van der Waals surface area contributed by atoms with E-state index in [1.807, 2.05) is 78.9 Å². The van der Waals surface area contributed by atoms with E-state index in [2.05, 4.69) is 65.7 Å². The summed E-state index contributed by atoms with van der Waals surface area (Å²) >= 11 is 0. The second-order valence-corrected chi connectivity index (χ2v) is 9.98. The lowest BCUT2D eigenvalue weighted by Crippen LogP contribution is -2.18. The first-order valence-corrected chi connectivity index (χ1v) is 13.7. The molecule has 0 bridgehead atoms. The number of carbonyl (C=O) groups is 1. The summed E-state index contributed by atoms with van der Waals surface area (Å²) in [6.45, 7) is 0. The van der Waals surface area contributed by atoms with Crippen molar-refractivity contribution in [2.45, 2.75) is 12.5 Å². The van der Waals surface area contributed by atoms with Gasteiger partial charge in [0.2, 0.25) is 0 Å². The fourth-order valence-electron chi connectivity index (χ4n) is 5.10. The van der Waals surface area contributed by atoms with Crippen LogP contribution in [0.1, 0.15) is 39.5 Å². The van der Waals surface area contributed by atoms with Crippen LogP contribution < -0.4 is 9.75 Å². The molecule has 0 spiro atoms. The van der Waals surface area contributed by atoms with Crippen molar-refractivity contribution in [2.24, 2.45) is 5.10 Å². The number of hydrogen-bond donors (Lipinski definition) is 0. The molecule has 0 radical (unpaired) electrons. The predicted octanol–water partition coefficient (Wildman–Crippen LogP) is 8.61. The molecule has 0 aromatic heterocycles. The molecule has 0 fully saturated rings. The van der Waals surface area contributed by atoms with E-state index in [9.17, 15) is 4.79 Å². The Morgan fingerprint density at radius 3 is 2.00 bits per heavy atom. The number of benzene rings is 5. The van der Waals surface area contributed by atoms with Crippen molar-refractivity contribution >= 4 is 23.3 Å². The molecule has 0 aliphatic carbocycles. The van der Waals surface area contributed by atoms with E-state index in [0.29, 0.717) is 5.56 Å². The first-order chi connectivity index (χ1) is 20.2. The second kappa shape index (κ2) is 11.9. The van der Waals surface area contributed by atoms with Gasteiger partial charge in [0.05, 0.1) is 24.6 Å². The van der Waals surface area contributed by atoms with Crippen LogP contribution in [0.2, 0.25) is 0 Å². The van der Waals surface area contributed by atoms with E-state index in [0.717, 1.165) is 45.8 Å². The second-order valence-electron chi connectivity index (χ2n) is 9.98. The van der Waals surface area contributed by atoms with E-state index in [1.165, 1.54) is 5.56 Å². The smallest absolute Gasteiger partial charge is 0.185 e. The standard InChI is InChI=1S/C37H30N2O2/c1-41-34-23-19-30(20-24-34)35-26-36(31-10-6-3-7-11-31)39(38-35)33-21-12-27(13-22-33)14-25-37(40)32-17-15-29(16-18-32)28-8-4-2-5-9-28/h2-25,36H,26H2,1H3/b25-14+/t36-/m0/s1. The Balaban J connectivity index is 1.19. The van der Waals surface area contributed by atoms with E-state index in [1.54, 1.807) is 13.2 Å². The summed E-state index contributed by atoms with van der Waals surface area (Å²) in [7, 11) is 1.67. The van der Waals surface area contributed by atoms with Crippen molar-refractivity contribution in [2.75, 3.05) is 12.1 Å². The molecule has 5 aromatic rings. The fraction of sp³-hybridized carbons (Fsp3) is 0.0811. The van der Waals surface area contributed by atoms with Crippen LogP contribution in [-0.2, 0) is 0 Å². The minimum Gasteiger partial charge on any atom is -0.497 e. The van der Waals surface area contributed by atoms with Crippen LogP contribution in [0.3, 0.4) is 0 Å².